The predicted octanol–water partition coefficient (Wildman–Crippen LogP) is 4.44. The Labute approximate surface area is 166 Å². The molecule has 0 spiro atoms. The number of benzene rings is 2. The van der Waals surface area contributed by atoms with Crippen molar-refractivity contribution in [2.24, 2.45) is 7.05 Å². The molecular weight excluding hydrogens is 362 g/mol. The van der Waals surface area contributed by atoms with E-state index in [1.807, 2.05) is 72.3 Å². The van der Waals surface area contributed by atoms with Crippen LogP contribution < -0.4 is 5.32 Å². The van der Waals surface area contributed by atoms with Crippen LogP contribution >= 0.6 is 0 Å². The van der Waals surface area contributed by atoms with Gasteiger partial charge in [-0.2, -0.15) is 0 Å². The molecule has 0 radical (unpaired) electrons. The number of aryl methyl sites for hydroxylation is 1. The molecule has 0 bridgehead atoms. The smallest absolute Gasteiger partial charge is 0.256 e. The van der Waals surface area contributed by atoms with Gasteiger partial charge in [0.15, 0.2) is 0 Å². The molecule has 0 fully saturated rings. The Bertz CT molecular complexity index is 1360. The summed E-state index contributed by atoms with van der Waals surface area (Å²) in [6.07, 6.45) is 3.47. The second-order valence-electron chi connectivity index (χ2n) is 6.80. The molecule has 5 aromatic rings. The lowest BCUT2D eigenvalue weighted by Crippen LogP contribution is -2.13. The van der Waals surface area contributed by atoms with Crippen LogP contribution in [0.15, 0.2) is 79.3 Å². The van der Waals surface area contributed by atoms with Crippen LogP contribution in [0.25, 0.3) is 33.3 Å². The van der Waals surface area contributed by atoms with Gasteiger partial charge < -0.3 is 9.88 Å². The topological polar surface area (TPSA) is 72.7 Å². The van der Waals surface area contributed by atoms with Crippen molar-refractivity contribution in [1.29, 1.82) is 0 Å². The first-order valence-electron chi connectivity index (χ1n) is 9.23. The molecule has 140 valence electrons. The zero-order valence-electron chi connectivity index (χ0n) is 15.7. The summed E-state index contributed by atoms with van der Waals surface area (Å²) in [5, 5.41) is 3.81. The largest absolute Gasteiger partial charge is 0.334 e. The van der Waals surface area contributed by atoms with Gasteiger partial charge in [0.05, 0.1) is 39.8 Å². The number of carbonyl (C=O) groups is 1. The number of carbonyl (C=O) groups excluding carboxylic acids is 1. The highest BCUT2D eigenvalue weighted by Crippen LogP contribution is 2.25. The van der Waals surface area contributed by atoms with E-state index >= 15 is 0 Å². The Kier molecular flexibility index (Phi) is 4.02. The summed E-state index contributed by atoms with van der Waals surface area (Å²) in [5.74, 6) is -0.192. The Morgan fingerprint density at radius 3 is 2.62 bits per heavy atom. The normalized spacial score (nSPS) is 11.1. The SMILES string of the molecule is Cn1cnc2ccc(NC(=O)c3cc(-c4ccccn4)nc4ccccc34)cc21. The van der Waals surface area contributed by atoms with Crippen LogP contribution in [0.5, 0.6) is 0 Å². The molecule has 2 aromatic carbocycles. The fourth-order valence-corrected chi connectivity index (χ4v) is 3.41. The van der Waals surface area contributed by atoms with Gasteiger partial charge in [-0.1, -0.05) is 24.3 Å². The van der Waals surface area contributed by atoms with Crippen molar-refractivity contribution in [3.8, 4) is 11.4 Å². The number of imidazole rings is 1. The van der Waals surface area contributed by atoms with Crippen molar-refractivity contribution in [2.45, 2.75) is 0 Å². The molecule has 0 aliphatic carbocycles. The number of fused-ring (bicyclic) bond motifs is 2. The standard InChI is InChI=1S/C23H17N5O/c1-28-14-25-20-10-9-15(12-22(20)28)26-23(29)17-13-21(19-8-4-5-11-24-19)27-18-7-3-2-6-16(17)18/h2-14H,1H3,(H,26,29). The Balaban J connectivity index is 1.59. The van der Waals surface area contributed by atoms with Gasteiger partial charge >= 0.3 is 0 Å². The Morgan fingerprint density at radius 1 is 0.897 bits per heavy atom. The van der Waals surface area contributed by atoms with Crippen LogP contribution in [-0.4, -0.2) is 25.4 Å². The van der Waals surface area contributed by atoms with E-state index in [2.05, 4.69) is 20.3 Å². The molecule has 0 atom stereocenters. The van der Waals surface area contributed by atoms with Crippen molar-refractivity contribution in [3.63, 3.8) is 0 Å². The van der Waals surface area contributed by atoms with Crippen molar-refractivity contribution in [3.05, 3.63) is 84.8 Å². The number of nitrogens with zero attached hydrogens (tertiary/aromatic N) is 4. The van der Waals surface area contributed by atoms with Crippen LogP contribution in [0, 0.1) is 0 Å². The maximum Gasteiger partial charge on any atom is 0.256 e. The monoisotopic (exact) mass is 379 g/mol. The fraction of sp³-hybridized carbons (Fsp3) is 0.0435. The molecule has 1 amide bonds. The maximum absolute atomic E-state index is 13.2. The molecular formula is C23H17N5O. The van der Waals surface area contributed by atoms with E-state index in [9.17, 15) is 4.79 Å². The van der Waals surface area contributed by atoms with Crippen molar-refractivity contribution >= 4 is 33.5 Å². The van der Waals surface area contributed by atoms with E-state index in [1.54, 1.807) is 18.6 Å². The summed E-state index contributed by atoms with van der Waals surface area (Å²) >= 11 is 0. The number of para-hydroxylation sites is 1. The van der Waals surface area contributed by atoms with Crippen molar-refractivity contribution in [1.82, 2.24) is 19.5 Å². The molecule has 0 unspecified atom stereocenters. The molecule has 3 heterocycles. The average molecular weight is 379 g/mol. The molecule has 0 saturated heterocycles. The lowest BCUT2D eigenvalue weighted by Gasteiger charge is -2.11. The highest BCUT2D eigenvalue weighted by Gasteiger charge is 2.15. The van der Waals surface area contributed by atoms with E-state index in [-0.39, 0.29) is 5.91 Å². The first kappa shape index (κ1) is 17.1. The van der Waals surface area contributed by atoms with E-state index in [0.717, 1.165) is 27.6 Å². The summed E-state index contributed by atoms with van der Waals surface area (Å²) in [5.41, 5.74) is 5.25. The number of pyridine rings is 2. The minimum absolute atomic E-state index is 0.192. The molecule has 5 rings (SSSR count). The van der Waals surface area contributed by atoms with Crippen molar-refractivity contribution < 1.29 is 4.79 Å². The average Bonchev–Trinajstić information content (AvgIpc) is 3.13. The minimum atomic E-state index is -0.192. The van der Waals surface area contributed by atoms with Gasteiger partial charge in [-0.15, -0.1) is 0 Å². The number of hydrogen-bond donors (Lipinski definition) is 1. The molecule has 0 aliphatic heterocycles. The van der Waals surface area contributed by atoms with E-state index in [0.29, 0.717) is 16.9 Å². The van der Waals surface area contributed by atoms with Crippen LogP contribution in [0.3, 0.4) is 0 Å². The third-order valence-corrected chi connectivity index (χ3v) is 4.87. The summed E-state index contributed by atoms with van der Waals surface area (Å²) in [7, 11) is 1.93. The lowest BCUT2D eigenvalue weighted by molar-refractivity contribution is 0.102. The van der Waals surface area contributed by atoms with Gasteiger partial charge in [-0.25, -0.2) is 9.97 Å². The second kappa shape index (κ2) is 6.83. The maximum atomic E-state index is 13.2. The van der Waals surface area contributed by atoms with E-state index < -0.39 is 0 Å². The summed E-state index contributed by atoms with van der Waals surface area (Å²) in [6.45, 7) is 0. The first-order chi connectivity index (χ1) is 14.2. The molecule has 3 aromatic heterocycles. The number of amides is 1. The summed E-state index contributed by atoms with van der Waals surface area (Å²) in [4.78, 5) is 26.6. The zero-order valence-corrected chi connectivity index (χ0v) is 15.7. The molecule has 6 heteroatoms. The minimum Gasteiger partial charge on any atom is -0.334 e. The number of anilines is 1. The van der Waals surface area contributed by atoms with Gasteiger partial charge in [0.2, 0.25) is 0 Å². The van der Waals surface area contributed by atoms with Crippen LogP contribution in [0.4, 0.5) is 5.69 Å². The van der Waals surface area contributed by atoms with Gasteiger partial charge in [0.1, 0.15) is 0 Å². The number of aromatic nitrogens is 4. The molecule has 0 saturated carbocycles. The van der Waals surface area contributed by atoms with Gasteiger partial charge in [-0.05, 0) is 42.5 Å². The van der Waals surface area contributed by atoms with Crippen LogP contribution in [0.2, 0.25) is 0 Å². The molecule has 29 heavy (non-hydrogen) atoms. The first-order valence-corrected chi connectivity index (χ1v) is 9.23. The highest BCUT2D eigenvalue weighted by molar-refractivity contribution is 6.13. The molecule has 6 nitrogen and oxygen atoms in total. The van der Waals surface area contributed by atoms with Crippen LogP contribution in [-0.2, 0) is 7.05 Å². The van der Waals surface area contributed by atoms with Gasteiger partial charge in [-0.3, -0.25) is 9.78 Å². The second-order valence-corrected chi connectivity index (χ2v) is 6.80. The van der Waals surface area contributed by atoms with E-state index in [4.69, 9.17) is 0 Å². The third kappa shape index (κ3) is 3.10. The third-order valence-electron chi connectivity index (χ3n) is 4.87. The molecule has 1 N–H and O–H groups in total. The van der Waals surface area contributed by atoms with Gasteiger partial charge in [0.25, 0.3) is 5.91 Å². The van der Waals surface area contributed by atoms with E-state index in [1.165, 1.54) is 0 Å². The Hall–Kier alpha value is -4.06. The molecule has 0 aliphatic rings. The number of hydrogen-bond acceptors (Lipinski definition) is 4. The van der Waals surface area contributed by atoms with Crippen LogP contribution in [0.1, 0.15) is 10.4 Å². The predicted molar refractivity (Wildman–Crippen MR) is 114 cm³/mol. The number of nitrogens with one attached hydrogen (secondary N) is 1. The lowest BCUT2D eigenvalue weighted by atomic mass is 10.1. The number of rotatable bonds is 3. The van der Waals surface area contributed by atoms with Gasteiger partial charge in [0, 0.05) is 24.3 Å². The fourth-order valence-electron chi connectivity index (χ4n) is 3.41. The quantitative estimate of drug-likeness (QED) is 0.503. The summed E-state index contributed by atoms with van der Waals surface area (Å²) < 4.78 is 1.92. The highest BCUT2D eigenvalue weighted by atomic mass is 16.1. The Morgan fingerprint density at radius 2 is 1.76 bits per heavy atom. The zero-order chi connectivity index (χ0) is 19.8. The summed E-state index contributed by atoms with van der Waals surface area (Å²) in [6, 6.07) is 20.7. The van der Waals surface area contributed by atoms with Crippen molar-refractivity contribution in [2.75, 3.05) is 5.32 Å².